The van der Waals surface area contributed by atoms with Gasteiger partial charge in [-0.15, -0.1) is 0 Å². The smallest absolute Gasteiger partial charge is 0.257 e. The summed E-state index contributed by atoms with van der Waals surface area (Å²) in [6, 6.07) is 14.9. The summed E-state index contributed by atoms with van der Waals surface area (Å²) in [6.07, 6.45) is 4.88. The predicted molar refractivity (Wildman–Crippen MR) is 110 cm³/mol. The van der Waals surface area contributed by atoms with E-state index in [0.717, 1.165) is 11.1 Å². The van der Waals surface area contributed by atoms with Crippen molar-refractivity contribution in [1.29, 1.82) is 0 Å². The molecule has 0 spiro atoms. The molecule has 0 N–H and O–H groups in total. The Balaban J connectivity index is 1.40. The van der Waals surface area contributed by atoms with Crippen molar-refractivity contribution in [1.82, 2.24) is 15.0 Å². The number of benzene rings is 1. The maximum atomic E-state index is 12.9. The van der Waals surface area contributed by atoms with Crippen molar-refractivity contribution in [2.75, 3.05) is 7.05 Å². The summed E-state index contributed by atoms with van der Waals surface area (Å²) in [4.78, 5) is 18.5. The molecule has 0 radical (unpaired) electrons. The standard InChI is InChI=1S/C23H21N3O4/c1-16-3-5-18(6-4-16)29-15-22-20(9-12-28-22)23(27)26(2)14-19-13-21(25-30-19)17-7-10-24-11-8-17/h3-13H,14-15H2,1-2H3. The topological polar surface area (TPSA) is 81.6 Å². The third-order valence-corrected chi connectivity index (χ3v) is 4.64. The first-order valence-corrected chi connectivity index (χ1v) is 9.47. The van der Waals surface area contributed by atoms with Crippen molar-refractivity contribution in [3.05, 3.63) is 89.8 Å². The van der Waals surface area contributed by atoms with E-state index < -0.39 is 0 Å². The van der Waals surface area contributed by atoms with Gasteiger partial charge in [0.25, 0.3) is 5.91 Å². The molecule has 0 saturated heterocycles. The number of rotatable bonds is 7. The SMILES string of the molecule is Cc1ccc(OCc2occc2C(=O)N(C)Cc2cc(-c3ccncc3)no2)cc1. The predicted octanol–water partition coefficient (Wildman–Crippen LogP) is 4.49. The van der Waals surface area contributed by atoms with E-state index in [4.69, 9.17) is 13.7 Å². The maximum Gasteiger partial charge on any atom is 0.257 e. The molecule has 30 heavy (non-hydrogen) atoms. The summed E-state index contributed by atoms with van der Waals surface area (Å²) in [7, 11) is 1.70. The number of nitrogens with zero attached hydrogens (tertiary/aromatic N) is 3. The van der Waals surface area contributed by atoms with Gasteiger partial charge in [-0.1, -0.05) is 22.9 Å². The van der Waals surface area contributed by atoms with Crippen molar-refractivity contribution in [3.8, 4) is 17.0 Å². The first kappa shape index (κ1) is 19.4. The molecule has 0 bridgehead atoms. The number of carbonyl (C=O) groups is 1. The van der Waals surface area contributed by atoms with Gasteiger partial charge in [0, 0.05) is 31.1 Å². The molecule has 7 heteroatoms. The zero-order chi connectivity index (χ0) is 20.9. The normalized spacial score (nSPS) is 10.7. The van der Waals surface area contributed by atoms with Crippen molar-refractivity contribution >= 4 is 5.91 Å². The number of hydrogen-bond donors (Lipinski definition) is 0. The fourth-order valence-corrected chi connectivity index (χ4v) is 2.98. The van der Waals surface area contributed by atoms with Gasteiger partial charge in [0.2, 0.25) is 0 Å². The molecule has 3 heterocycles. The van der Waals surface area contributed by atoms with Gasteiger partial charge in [0.1, 0.15) is 18.1 Å². The molecule has 0 aliphatic carbocycles. The van der Waals surface area contributed by atoms with Crippen molar-refractivity contribution in [3.63, 3.8) is 0 Å². The molecule has 0 unspecified atom stereocenters. The summed E-state index contributed by atoms with van der Waals surface area (Å²) in [5.41, 5.74) is 3.21. The van der Waals surface area contributed by atoms with Crippen LogP contribution < -0.4 is 4.74 Å². The van der Waals surface area contributed by atoms with Crippen LogP contribution in [0.3, 0.4) is 0 Å². The van der Waals surface area contributed by atoms with E-state index in [1.165, 1.54) is 6.26 Å². The monoisotopic (exact) mass is 403 g/mol. The Hall–Kier alpha value is -3.87. The maximum absolute atomic E-state index is 12.9. The molecule has 0 aliphatic rings. The Morgan fingerprint density at radius 1 is 1.10 bits per heavy atom. The quantitative estimate of drug-likeness (QED) is 0.452. The zero-order valence-electron chi connectivity index (χ0n) is 16.7. The van der Waals surface area contributed by atoms with Crippen LogP contribution in [0.2, 0.25) is 0 Å². The molecule has 3 aromatic heterocycles. The molecule has 7 nitrogen and oxygen atoms in total. The highest BCUT2D eigenvalue weighted by molar-refractivity contribution is 5.94. The number of hydrogen-bond acceptors (Lipinski definition) is 6. The molecule has 0 aliphatic heterocycles. The van der Waals surface area contributed by atoms with Gasteiger partial charge in [0.05, 0.1) is 18.4 Å². The third-order valence-electron chi connectivity index (χ3n) is 4.64. The molecular weight excluding hydrogens is 382 g/mol. The van der Waals surface area contributed by atoms with Gasteiger partial charge in [-0.25, -0.2) is 0 Å². The molecule has 4 aromatic rings. The molecule has 152 valence electrons. The Morgan fingerprint density at radius 3 is 2.63 bits per heavy atom. The van der Waals surface area contributed by atoms with Gasteiger partial charge in [-0.05, 0) is 37.3 Å². The zero-order valence-corrected chi connectivity index (χ0v) is 16.7. The van der Waals surface area contributed by atoms with Gasteiger partial charge in [-0.3, -0.25) is 9.78 Å². The number of aromatic nitrogens is 2. The first-order valence-electron chi connectivity index (χ1n) is 9.47. The van der Waals surface area contributed by atoms with Crippen molar-refractivity contribution in [2.24, 2.45) is 0 Å². The third kappa shape index (κ3) is 4.41. The Morgan fingerprint density at radius 2 is 1.87 bits per heavy atom. The lowest BCUT2D eigenvalue weighted by Crippen LogP contribution is -2.26. The lowest BCUT2D eigenvalue weighted by Gasteiger charge is -2.15. The van der Waals surface area contributed by atoms with Crippen LogP contribution in [-0.4, -0.2) is 28.0 Å². The second kappa shape index (κ2) is 8.65. The minimum Gasteiger partial charge on any atom is -0.486 e. The largest absolute Gasteiger partial charge is 0.486 e. The number of pyridine rings is 1. The summed E-state index contributed by atoms with van der Waals surface area (Å²) in [6.45, 7) is 2.46. The highest BCUT2D eigenvalue weighted by Crippen LogP contribution is 2.21. The molecule has 1 amide bonds. The number of aryl methyl sites for hydroxylation is 1. The van der Waals surface area contributed by atoms with Gasteiger partial charge < -0.3 is 18.6 Å². The van der Waals surface area contributed by atoms with E-state index in [9.17, 15) is 4.79 Å². The van der Waals surface area contributed by atoms with Gasteiger partial charge in [-0.2, -0.15) is 0 Å². The van der Waals surface area contributed by atoms with E-state index in [-0.39, 0.29) is 19.1 Å². The van der Waals surface area contributed by atoms with E-state index >= 15 is 0 Å². The second-order valence-corrected chi connectivity index (χ2v) is 6.93. The number of furan rings is 1. The van der Waals surface area contributed by atoms with Crippen molar-refractivity contribution < 1.29 is 18.5 Å². The molecule has 0 fully saturated rings. The lowest BCUT2D eigenvalue weighted by atomic mass is 10.2. The van der Waals surface area contributed by atoms with Crippen LogP contribution >= 0.6 is 0 Å². The van der Waals surface area contributed by atoms with Gasteiger partial charge >= 0.3 is 0 Å². The summed E-state index contributed by atoms with van der Waals surface area (Å²) in [5.74, 6) is 1.59. The number of ether oxygens (including phenoxy) is 1. The highest BCUT2D eigenvalue weighted by Gasteiger charge is 2.20. The van der Waals surface area contributed by atoms with E-state index in [1.54, 1.807) is 30.4 Å². The minimum atomic E-state index is -0.187. The minimum absolute atomic E-state index is 0.166. The Kier molecular flexibility index (Phi) is 5.61. The fourth-order valence-electron chi connectivity index (χ4n) is 2.98. The lowest BCUT2D eigenvalue weighted by molar-refractivity contribution is 0.0767. The molecule has 0 atom stereocenters. The fraction of sp³-hybridized carbons (Fsp3) is 0.174. The van der Waals surface area contributed by atoms with Crippen molar-refractivity contribution in [2.45, 2.75) is 20.1 Å². The summed E-state index contributed by atoms with van der Waals surface area (Å²) in [5, 5.41) is 4.07. The first-order chi connectivity index (χ1) is 14.6. The van der Waals surface area contributed by atoms with E-state index in [1.807, 2.05) is 49.4 Å². The molecule has 0 saturated carbocycles. The van der Waals surface area contributed by atoms with Crippen LogP contribution in [0.15, 0.2) is 76.1 Å². The Labute approximate surface area is 173 Å². The molecular formula is C23H21N3O4. The Bertz CT molecular complexity index is 1120. The highest BCUT2D eigenvalue weighted by atomic mass is 16.5. The summed E-state index contributed by atoms with van der Waals surface area (Å²) < 4.78 is 16.6. The second-order valence-electron chi connectivity index (χ2n) is 6.93. The van der Waals surface area contributed by atoms with E-state index in [2.05, 4.69) is 10.1 Å². The van der Waals surface area contributed by atoms with Gasteiger partial charge in [0.15, 0.2) is 11.5 Å². The van der Waals surface area contributed by atoms with Crippen LogP contribution in [0.25, 0.3) is 11.3 Å². The van der Waals surface area contributed by atoms with Crippen LogP contribution in [0.4, 0.5) is 0 Å². The average molecular weight is 403 g/mol. The van der Waals surface area contributed by atoms with Crippen LogP contribution in [0.1, 0.15) is 27.4 Å². The van der Waals surface area contributed by atoms with Crippen LogP contribution in [0, 0.1) is 6.92 Å². The van der Waals surface area contributed by atoms with E-state index in [0.29, 0.717) is 28.5 Å². The molecule has 4 rings (SSSR count). The number of carbonyl (C=O) groups excluding carboxylic acids is 1. The molecule has 1 aromatic carbocycles. The van der Waals surface area contributed by atoms with Crippen LogP contribution in [0.5, 0.6) is 5.75 Å². The summed E-state index contributed by atoms with van der Waals surface area (Å²) >= 11 is 0. The number of amides is 1. The average Bonchev–Trinajstić information content (AvgIpc) is 3.43. The van der Waals surface area contributed by atoms with Crippen LogP contribution in [-0.2, 0) is 13.2 Å².